The minimum atomic E-state index is -0.243. The fourth-order valence-corrected chi connectivity index (χ4v) is 5.49. The first-order chi connectivity index (χ1) is 17.5. The summed E-state index contributed by atoms with van der Waals surface area (Å²) < 4.78 is 5.29. The molecule has 2 aromatic rings. The van der Waals surface area contributed by atoms with Gasteiger partial charge in [-0.3, -0.25) is 10.1 Å². The zero-order valence-electron chi connectivity index (χ0n) is 20.8. The number of urea groups is 1. The molecular formula is C25H34N8O3. The van der Waals surface area contributed by atoms with Gasteiger partial charge < -0.3 is 25.2 Å². The molecule has 11 nitrogen and oxygen atoms in total. The van der Waals surface area contributed by atoms with Crippen LogP contribution in [-0.2, 0) is 4.79 Å². The van der Waals surface area contributed by atoms with E-state index in [0.717, 1.165) is 43.7 Å². The molecule has 0 spiro atoms. The quantitative estimate of drug-likeness (QED) is 0.536. The van der Waals surface area contributed by atoms with Crippen molar-refractivity contribution in [2.45, 2.75) is 57.2 Å². The van der Waals surface area contributed by atoms with Gasteiger partial charge in [0.2, 0.25) is 11.8 Å². The second-order valence-corrected chi connectivity index (χ2v) is 9.76. The summed E-state index contributed by atoms with van der Waals surface area (Å²) in [5, 5.41) is 9.32. The van der Waals surface area contributed by atoms with Crippen LogP contribution in [0.3, 0.4) is 0 Å². The van der Waals surface area contributed by atoms with E-state index < -0.39 is 0 Å². The molecule has 3 aliphatic rings. The first-order valence-corrected chi connectivity index (χ1v) is 12.8. The third-order valence-corrected chi connectivity index (χ3v) is 7.40. The Morgan fingerprint density at radius 3 is 2.81 bits per heavy atom. The van der Waals surface area contributed by atoms with E-state index in [1.54, 1.807) is 18.1 Å². The van der Waals surface area contributed by atoms with Gasteiger partial charge >= 0.3 is 6.03 Å². The van der Waals surface area contributed by atoms with E-state index in [4.69, 9.17) is 4.74 Å². The van der Waals surface area contributed by atoms with Gasteiger partial charge in [0.1, 0.15) is 5.82 Å². The molecule has 0 aromatic carbocycles. The minimum Gasteiger partial charge on any atom is -0.477 e. The van der Waals surface area contributed by atoms with Gasteiger partial charge in [0.15, 0.2) is 5.82 Å². The van der Waals surface area contributed by atoms with Crippen molar-refractivity contribution >= 4 is 29.3 Å². The molecule has 3 N–H and O–H groups in total. The third kappa shape index (κ3) is 5.35. The number of rotatable bonds is 7. The second kappa shape index (κ2) is 10.7. The molecule has 192 valence electrons. The maximum Gasteiger partial charge on any atom is 0.323 e. The Hall–Kier alpha value is -3.47. The molecule has 1 saturated carbocycles. The highest BCUT2D eigenvalue weighted by Crippen LogP contribution is 2.35. The highest BCUT2D eigenvalue weighted by molar-refractivity contribution is 5.95. The molecule has 2 aliphatic heterocycles. The van der Waals surface area contributed by atoms with Crippen LogP contribution in [0.25, 0.3) is 0 Å². The Morgan fingerprint density at radius 1 is 1.19 bits per heavy atom. The molecule has 2 saturated heterocycles. The van der Waals surface area contributed by atoms with Crippen LogP contribution in [0.5, 0.6) is 5.88 Å². The summed E-state index contributed by atoms with van der Waals surface area (Å²) in [6.45, 7) is 3.87. The fourth-order valence-electron chi connectivity index (χ4n) is 5.49. The zero-order valence-corrected chi connectivity index (χ0v) is 20.8. The molecular weight excluding hydrogens is 460 g/mol. The van der Waals surface area contributed by atoms with Gasteiger partial charge in [-0.2, -0.15) is 0 Å². The lowest BCUT2D eigenvalue weighted by molar-refractivity contribution is -0.119. The summed E-state index contributed by atoms with van der Waals surface area (Å²) in [5.74, 6) is 2.06. The number of hydrogen-bond acceptors (Lipinski definition) is 8. The molecule has 5 rings (SSSR count). The largest absolute Gasteiger partial charge is 0.477 e. The van der Waals surface area contributed by atoms with Crippen molar-refractivity contribution in [3.05, 3.63) is 30.7 Å². The second-order valence-electron chi connectivity index (χ2n) is 9.76. The van der Waals surface area contributed by atoms with Gasteiger partial charge in [-0.25, -0.2) is 19.7 Å². The topological polar surface area (TPSA) is 125 Å². The third-order valence-electron chi connectivity index (χ3n) is 7.40. The highest BCUT2D eigenvalue weighted by atomic mass is 16.5. The van der Waals surface area contributed by atoms with Crippen LogP contribution in [-0.4, -0.2) is 76.7 Å². The van der Waals surface area contributed by atoms with Crippen LogP contribution in [0.15, 0.2) is 30.7 Å². The van der Waals surface area contributed by atoms with Crippen molar-refractivity contribution in [2.75, 3.05) is 42.3 Å². The molecule has 4 heterocycles. The summed E-state index contributed by atoms with van der Waals surface area (Å²) in [7, 11) is 1.79. The van der Waals surface area contributed by atoms with E-state index in [0.29, 0.717) is 36.8 Å². The number of ether oxygens (including phenoxy) is 1. The van der Waals surface area contributed by atoms with E-state index >= 15 is 0 Å². The number of likely N-dealkylation sites (N-methyl/N-ethyl adjacent to an activating group) is 1. The van der Waals surface area contributed by atoms with Crippen LogP contribution < -0.4 is 25.6 Å². The number of nitrogens with zero attached hydrogens (tertiary/aromatic N) is 5. The number of pyridine rings is 1. The lowest BCUT2D eigenvalue weighted by atomic mass is 9.99. The standard InChI is InChI=1S/C25H34N8O3/c1-3-36-22-14-27-20(13-28-22)31-25(35)32(2)19-5-4-10-33(15-19)21-12-18(8-9-26-21)30-24(34)23-16-6-7-17(11-16)29-23/h8-9,12-14,16-17,19,23,29H,3-7,10-11,15H2,1-2H3,(H,26,30,34)(H,27,31,35). The molecule has 36 heavy (non-hydrogen) atoms. The SMILES string of the molecule is CCOc1cnc(NC(=O)N(C)C2CCCN(c3cc(NC(=O)C4NC5CCC4C5)ccn3)C2)cn1. The number of piperidine rings is 2. The van der Waals surface area contributed by atoms with Crippen LogP contribution in [0.1, 0.15) is 39.0 Å². The summed E-state index contributed by atoms with van der Waals surface area (Å²) in [5.41, 5.74) is 0.747. The lowest BCUT2D eigenvalue weighted by Gasteiger charge is -2.38. The summed E-state index contributed by atoms with van der Waals surface area (Å²) in [6.07, 6.45) is 9.92. The summed E-state index contributed by atoms with van der Waals surface area (Å²) in [6, 6.07) is 3.89. The van der Waals surface area contributed by atoms with Gasteiger partial charge in [0.05, 0.1) is 31.1 Å². The lowest BCUT2D eigenvalue weighted by Crippen LogP contribution is -2.50. The average molecular weight is 495 g/mol. The van der Waals surface area contributed by atoms with Crippen LogP contribution in [0.2, 0.25) is 0 Å². The number of amides is 3. The highest BCUT2D eigenvalue weighted by Gasteiger charge is 2.42. The van der Waals surface area contributed by atoms with Crippen molar-refractivity contribution in [3.8, 4) is 5.88 Å². The maximum absolute atomic E-state index is 12.8. The molecule has 4 unspecified atom stereocenters. The molecule has 2 aromatic heterocycles. The van der Waals surface area contributed by atoms with Crippen LogP contribution >= 0.6 is 0 Å². The van der Waals surface area contributed by atoms with Crippen LogP contribution in [0, 0.1) is 5.92 Å². The number of fused-ring (bicyclic) bond motifs is 2. The van der Waals surface area contributed by atoms with E-state index in [1.807, 2.05) is 19.1 Å². The Morgan fingerprint density at radius 2 is 2.08 bits per heavy atom. The van der Waals surface area contributed by atoms with Crippen molar-refractivity contribution in [3.63, 3.8) is 0 Å². The van der Waals surface area contributed by atoms with Crippen molar-refractivity contribution in [1.29, 1.82) is 0 Å². The Balaban J connectivity index is 1.18. The Labute approximate surface area is 211 Å². The van der Waals surface area contributed by atoms with Crippen LogP contribution in [0.4, 0.5) is 22.1 Å². The van der Waals surface area contributed by atoms with E-state index in [9.17, 15) is 9.59 Å². The normalized spacial score (nSPS) is 24.9. The molecule has 2 bridgehead atoms. The number of aromatic nitrogens is 3. The predicted molar refractivity (Wildman–Crippen MR) is 136 cm³/mol. The Bertz CT molecular complexity index is 1080. The van der Waals surface area contributed by atoms with Crippen molar-refractivity contribution in [1.82, 2.24) is 25.2 Å². The molecule has 1 aliphatic carbocycles. The van der Waals surface area contributed by atoms with E-state index in [1.165, 1.54) is 18.8 Å². The Kier molecular flexibility index (Phi) is 7.17. The molecule has 4 atom stereocenters. The smallest absolute Gasteiger partial charge is 0.323 e. The number of nitrogens with one attached hydrogen (secondary N) is 3. The first kappa shape index (κ1) is 24.2. The first-order valence-electron chi connectivity index (χ1n) is 12.8. The van der Waals surface area contributed by atoms with Gasteiger partial charge in [-0.15, -0.1) is 0 Å². The van der Waals surface area contributed by atoms with Gasteiger partial charge in [0.25, 0.3) is 0 Å². The van der Waals surface area contributed by atoms with Crippen molar-refractivity contribution in [2.24, 2.45) is 5.92 Å². The van der Waals surface area contributed by atoms with Gasteiger partial charge in [-0.1, -0.05) is 0 Å². The predicted octanol–water partition coefficient (Wildman–Crippen LogP) is 2.48. The van der Waals surface area contributed by atoms with Gasteiger partial charge in [-0.05, 0) is 51.0 Å². The maximum atomic E-state index is 12.8. The van der Waals surface area contributed by atoms with Gasteiger partial charge in [0, 0.05) is 44.1 Å². The number of carbonyl (C=O) groups is 2. The number of carbonyl (C=O) groups excluding carboxylic acids is 2. The number of anilines is 3. The number of hydrogen-bond donors (Lipinski definition) is 3. The van der Waals surface area contributed by atoms with E-state index in [2.05, 4.69) is 35.8 Å². The molecule has 3 amide bonds. The van der Waals surface area contributed by atoms with Crippen molar-refractivity contribution < 1.29 is 14.3 Å². The average Bonchev–Trinajstić information content (AvgIpc) is 3.54. The molecule has 0 radical (unpaired) electrons. The fraction of sp³-hybridized carbons (Fsp3) is 0.560. The summed E-state index contributed by atoms with van der Waals surface area (Å²) in [4.78, 5) is 42.4. The van der Waals surface area contributed by atoms with E-state index in [-0.39, 0.29) is 24.0 Å². The monoisotopic (exact) mass is 494 g/mol. The zero-order chi connectivity index (χ0) is 25.1. The summed E-state index contributed by atoms with van der Waals surface area (Å²) >= 11 is 0. The molecule has 3 fully saturated rings. The molecule has 11 heteroatoms. The minimum absolute atomic E-state index is 0.00712.